The Labute approximate surface area is 100 Å². The normalized spacial score (nSPS) is 29.5. The Balaban J connectivity index is 1.79. The van der Waals surface area contributed by atoms with E-state index in [0.717, 1.165) is 12.3 Å². The smallest absolute Gasteiger partial charge is 0.277 e. The second-order valence-electron chi connectivity index (χ2n) is 4.05. The number of aliphatic hydroxyl groups excluding tert-OH is 1. The molecule has 2 heterocycles. The van der Waals surface area contributed by atoms with Gasteiger partial charge in [-0.3, -0.25) is 14.7 Å². The fraction of sp³-hybridized carbons (Fsp3) is 0.300. The summed E-state index contributed by atoms with van der Waals surface area (Å²) in [6, 6.07) is 0. The largest absolute Gasteiger partial charge is 0.504 e. The molecule has 0 radical (unpaired) electrons. The molecule has 1 aliphatic carbocycles. The Morgan fingerprint density at radius 1 is 1.56 bits per heavy atom. The van der Waals surface area contributed by atoms with Gasteiger partial charge in [-0.05, 0) is 0 Å². The van der Waals surface area contributed by atoms with Crippen molar-refractivity contribution < 1.29 is 24.5 Å². The Hall–Kier alpha value is -2.19. The van der Waals surface area contributed by atoms with Crippen molar-refractivity contribution in [2.24, 2.45) is 0 Å². The Kier molecular flexibility index (Phi) is 2.22. The van der Waals surface area contributed by atoms with Gasteiger partial charge in [0.2, 0.25) is 0 Å². The minimum Gasteiger partial charge on any atom is -0.504 e. The molecule has 1 amide bonds. The van der Waals surface area contributed by atoms with Gasteiger partial charge in [0.1, 0.15) is 18.3 Å². The molecule has 3 atom stereocenters. The van der Waals surface area contributed by atoms with Gasteiger partial charge in [-0.2, -0.15) is 5.10 Å². The number of aromatic hydroxyl groups is 1. The molecule has 4 N–H and O–H groups in total. The van der Waals surface area contributed by atoms with Crippen LogP contribution in [0.5, 0.6) is 5.75 Å². The van der Waals surface area contributed by atoms with E-state index in [1.165, 1.54) is 0 Å². The molecule has 1 aliphatic heterocycles. The van der Waals surface area contributed by atoms with Crippen molar-refractivity contribution in [2.75, 3.05) is 0 Å². The van der Waals surface area contributed by atoms with Crippen molar-refractivity contribution in [3.63, 3.8) is 0 Å². The van der Waals surface area contributed by atoms with E-state index in [2.05, 4.69) is 15.5 Å². The molecule has 18 heavy (non-hydrogen) atoms. The Morgan fingerprint density at radius 3 is 3.00 bits per heavy atom. The maximum Gasteiger partial charge on any atom is 0.277 e. The zero-order valence-corrected chi connectivity index (χ0v) is 8.95. The van der Waals surface area contributed by atoms with Gasteiger partial charge in [0, 0.05) is 6.08 Å². The van der Waals surface area contributed by atoms with Crippen LogP contribution in [0.2, 0.25) is 0 Å². The van der Waals surface area contributed by atoms with Crippen molar-refractivity contribution >= 4 is 11.7 Å². The lowest BCUT2D eigenvalue weighted by Crippen LogP contribution is -2.37. The third-order valence-electron chi connectivity index (χ3n) is 2.84. The number of hydrogen-bond donors (Lipinski definition) is 4. The molecule has 1 aromatic heterocycles. The maximum absolute atomic E-state index is 11.7. The number of rotatable bonds is 2. The van der Waals surface area contributed by atoms with Crippen molar-refractivity contribution in [1.29, 1.82) is 0 Å². The number of H-pyrrole nitrogens is 1. The number of ketones is 1. The molecule has 8 nitrogen and oxygen atoms in total. The summed E-state index contributed by atoms with van der Waals surface area (Å²) >= 11 is 0. The first-order chi connectivity index (χ1) is 8.58. The number of ether oxygens (including phenoxy) is 1. The van der Waals surface area contributed by atoms with E-state index in [-0.39, 0.29) is 22.9 Å². The van der Waals surface area contributed by atoms with Gasteiger partial charge in [0.25, 0.3) is 5.91 Å². The SMILES string of the molecule is O=C(NC1=CC(=O)C2OC2C1O)c1[nH]ncc1O. The molecular weight excluding hydrogens is 242 g/mol. The van der Waals surface area contributed by atoms with Crippen LogP contribution in [0, 0.1) is 0 Å². The standard InChI is InChI=1S/C10H9N3O5/c14-4-1-3(7(16)9-8(4)18-9)12-10(17)6-5(15)2-11-13-6/h1-2,7-9,15-16H,(H,11,13)(H,12,17). The minimum atomic E-state index is -1.05. The second-order valence-corrected chi connectivity index (χ2v) is 4.05. The summed E-state index contributed by atoms with van der Waals surface area (Å²) in [5, 5.41) is 27.2. The van der Waals surface area contributed by atoms with Gasteiger partial charge in [-0.15, -0.1) is 0 Å². The van der Waals surface area contributed by atoms with Crippen LogP contribution in [0.1, 0.15) is 10.5 Å². The zero-order valence-electron chi connectivity index (χ0n) is 8.95. The first kappa shape index (κ1) is 10.9. The lowest BCUT2D eigenvalue weighted by atomic mass is 10.0. The fourth-order valence-electron chi connectivity index (χ4n) is 1.84. The van der Waals surface area contributed by atoms with E-state index < -0.39 is 24.2 Å². The lowest BCUT2D eigenvalue weighted by molar-refractivity contribution is -0.116. The molecule has 94 valence electrons. The molecule has 0 bridgehead atoms. The number of amides is 1. The summed E-state index contributed by atoms with van der Waals surface area (Å²) in [6.45, 7) is 0. The monoisotopic (exact) mass is 251 g/mol. The minimum absolute atomic E-state index is 0.0535. The van der Waals surface area contributed by atoms with E-state index >= 15 is 0 Å². The number of aliphatic hydroxyl groups is 1. The molecule has 1 aromatic rings. The number of hydrogen-bond acceptors (Lipinski definition) is 6. The summed E-state index contributed by atoms with van der Waals surface area (Å²) in [5.74, 6) is -1.30. The molecule has 1 fully saturated rings. The molecule has 8 heteroatoms. The third kappa shape index (κ3) is 1.59. The summed E-state index contributed by atoms with van der Waals surface area (Å²) in [6.07, 6.45) is -0.0354. The van der Waals surface area contributed by atoms with Crippen LogP contribution in [0.3, 0.4) is 0 Å². The Bertz CT molecular complexity index is 564. The highest BCUT2D eigenvalue weighted by Crippen LogP contribution is 2.33. The summed E-state index contributed by atoms with van der Waals surface area (Å²) in [5.41, 5.74) is -0.0906. The first-order valence-corrected chi connectivity index (χ1v) is 5.20. The van der Waals surface area contributed by atoms with Gasteiger partial charge >= 0.3 is 0 Å². The highest BCUT2D eigenvalue weighted by atomic mass is 16.6. The maximum atomic E-state index is 11.7. The topological polar surface area (TPSA) is 128 Å². The van der Waals surface area contributed by atoms with Gasteiger partial charge in [-0.1, -0.05) is 0 Å². The summed E-state index contributed by atoms with van der Waals surface area (Å²) < 4.78 is 4.96. The molecule has 2 aliphatic rings. The average molecular weight is 251 g/mol. The van der Waals surface area contributed by atoms with E-state index in [4.69, 9.17) is 4.74 Å². The zero-order chi connectivity index (χ0) is 12.9. The summed E-state index contributed by atoms with van der Waals surface area (Å²) in [4.78, 5) is 23.1. The highest BCUT2D eigenvalue weighted by molar-refractivity contribution is 6.00. The number of epoxide rings is 1. The van der Waals surface area contributed by atoms with E-state index in [0.29, 0.717) is 0 Å². The molecule has 3 rings (SSSR count). The van der Waals surface area contributed by atoms with Crippen molar-refractivity contribution in [3.05, 3.63) is 23.7 Å². The lowest BCUT2D eigenvalue weighted by Gasteiger charge is -2.16. The number of aromatic amines is 1. The quantitative estimate of drug-likeness (QED) is 0.471. The predicted octanol–water partition coefficient (Wildman–Crippen LogP) is -1.56. The first-order valence-electron chi connectivity index (χ1n) is 5.20. The van der Waals surface area contributed by atoms with Crippen LogP contribution >= 0.6 is 0 Å². The van der Waals surface area contributed by atoms with E-state index in [9.17, 15) is 19.8 Å². The van der Waals surface area contributed by atoms with Gasteiger partial charge < -0.3 is 20.3 Å². The van der Waals surface area contributed by atoms with Crippen LogP contribution in [0.25, 0.3) is 0 Å². The average Bonchev–Trinajstić information content (AvgIpc) is 3.03. The van der Waals surface area contributed by atoms with Gasteiger partial charge in [-0.25, -0.2) is 0 Å². The van der Waals surface area contributed by atoms with Crippen molar-refractivity contribution in [3.8, 4) is 5.75 Å². The number of fused-ring (bicyclic) bond motifs is 1. The molecule has 0 saturated carbocycles. The van der Waals surface area contributed by atoms with Crippen molar-refractivity contribution in [1.82, 2.24) is 15.5 Å². The predicted molar refractivity (Wildman–Crippen MR) is 55.5 cm³/mol. The van der Waals surface area contributed by atoms with Crippen LogP contribution < -0.4 is 5.32 Å². The molecule has 1 saturated heterocycles. The fourth-order valence-corrected chi connectivity index (χ4v) is 1.84. The molecule has 0 spiro atoms. The second kappa shape index (κ2) is 3.65. The number of nitrogens with zero attached hydrogens (tertiary/aromatic N) is 1. The van der Waals surface area contributed by atoms with Crippen LogP contribution in [0.4, 0.5) is 0 Å². The van der Waals surface area contributed by atoms with Gasteiger partial charge in [0.05, 0.1) is 11.9 Å². The molecule has 3 unspecified atom stereocenters. The van der Waals surface area contributed by atoms with E-state index in [1.54, 1.807) is 0 Å². The number of carbonyl (C=O) groups excluding carboxylic acids is 2. The van der Waals surface area contributed by atoms with E-state index in [1.807, 2.05) is 0 Å². The van der Waals surface area contributed by atoms with Crippen molar-refractivity contribution in [2.45, 2.75) is 18.3 Å². The number of nitrogens with one attached hydrogen (secondary N) is 2. The summed E-state index contributed by atoms with van der Waals surface area (Å²) in [7, 11) is 0. The molecule has 0 aromatic carbocycles. The van der Waals surface area contributed by atoms with Crippen LogP contribution in [-0.4, -0.2) is 50.4 Å². The highest BCUT2D eigenvalue weighted by Gasteiger charge is 2.53. The number of carbonyl (C=O) groups is 2. The molecular formula is C10H9N3O5. The number of aromatic nitrogens is 2. The van der Waals surface area contributed by atoms with Crippen LogP contribution in [-0.2, 0) is 9.53 Å². The van der Waals surface area contributed by atoms with Gasteiger partial charge in [0.15, 0.2) is 17.2 Å². The third-order valence-corrected chi connectivity index (χ3v) is 2.84. The van der Waals surface area contributed by atoms with Crippen LogP contribution in [0.15, 0.2) is 18.0 Å². The Morgan fingerprint density at radius 2 is 2.33 bits per heavy atom.